The highest BCUT2D eigenvalue weighted by Gasteiger charge is 2.47. The van der Waals surface area contributed by atoms with Gasteiger partial charge >= 0.3 is 9.05 Å². The molecule has 4 unspecified atom stereocenters. The molecule has 49 heavy (non-hydrogen) atoms. The summed E-state index contributed by atoms with van der Waals surface area (Å²) >= 11 is 0. The smallest absolute Gasteiger partial charge is 0.491 e. The molecule has 2 aromatic carbocycles. The molecule has 0 bridgehead atoms. The van der Waals surface area contributed by atoms with E-state index in [1.54, 1.807) is 0 Å². The maximum Gasteiger partial charge on any atom is 0.679 e. The maximum atomic E-state index is 6.70. The zero-order valence-electron chi connectivity index (χ0n) is 31.7. The van der Waals surface area contributed by atoms with Gasteiger partial charge in [0.1, 0.15) is 24.7 Å². The van der Waals surface area contributed by atoms with E-state index in [9.17, 15) is 0 Å². The fraction of sp³-hybridized carbons (Fsp3) is 0.619. The summed E-state index contributed by atoms with van der Waals surface area (Å²) in [5.74, 6) is 3.60. The molecule has 0 amide bonds. The molecule has 0 saturated heterocycles. The van der Waals surface area contributed by atoms with E-state index >= 15 is 0 Å². The van der Waals surface area contributed by atoms with Crippen molar-refractivity contribution < 1.29 is 27.2 Å². The van der Waals surface area contributed by atoms with Gasteiger partial charge in [-0.2, -0.15) is 0 Å². The zero-order chi connectivity index (χ0) is 35.3. The fourth-order valence-corrected chi connectivity index (χ4v) is 9.06. The minimum atomic E-state index is -3.58. The Morgan fingerprint density at radius 1 is 0.592 bits per heavy atom. The molecule has 6 nitrogen and oxygen atoms in total. The number of rotatable bonds is 22. The van der Waals surface area contributed by atoms with Gasteiger partial charge in [0.25, 0.3) is 0 Å². The average Bonchev–Trinajstić information content (AvgIpc) is 3.51. The van der Waals surface area contributed by atoms with Gasteiger partial charge in [-0.1, -0.05) is 101 Å². The van der Waals surface area contributed by atoms with E-state index in [-0.39, 0.29) is 10.8 Å². The summed E-state index contributed by atoms with van der Waals surface area (Å²) in [4.78, 5) is 0. The van der Waals surface area contributed by atoms with Crippen molar-refractivity contribution in [2.24, 2.45) is 34.5 Å². The molecule has 2 aliphatic carbocycles. The van der Waals surface area contributed by atoms with Crippen molar-refractivity contribution >= 4 is 9.05 Å². The van der Waals surface area contributed by atoms with Crippen LogP contribution >= 0.6 is 0 Å². The molecule has 272 valence electrons. The van der Waals surface area contributed by atoms with Gasteiger partial charge in [-0.05, 0) is 111 Å². The van der Waals surface area contributed by atoms with Gasteiger partial charge in [-0.3, -0.25) is 0 Å². The number of benzene rings is 2. The number of para-hydroxylation sites is 2. The number of hydrogen-bond acceptors (Lipinski definition) is 6. The lowest BCUT2D eigenvalue weighted by atomic mass is 9.75. The van der Waals surface area contributed by atoms with Crippen LogP contribution in [0, 0.1) is 34.5 Å². The maximum absolute atomic E-state index is 6.70. The van der Waals surface area contributed by atoms with Crippen LogP contribution in [0.1, 0.15) is 93.9 Å². The molecule has 0 heterocycles. The van der Waals surface area contributed by atoms with Crippen LogP contribution in [0.5, 0.6) is 11.5 Å². The summed E-state index contributed by atoms with van der Waals surface area (Å²) in [6.45, 7) is 21.0. The minimum Gasteiger partial charge on any atom is -0.491 e. The lowest BCUT2D eigenvalue weighted by molar-refractivity contribution is -0.0544. The van der Waals surface area contributed by atoms with Crippen molar-refractivity contribution in [3.63, 3.8) is 0 Å². The predicted octanol–water partition coefficient (Wildman–Crippen LogP) is 10.5. The van der Waals surface area contributed by atoms with Crippen molar-refractivity contribution in [1.29, 1.82) is 0 Å². The molecule has 0 aliphatic heterocycles. The van der Waals surface area contributed by atoms with E-state index in [1.165, 1.54) is 24.0 Å². The van der Waals surface area contributed by atoms with Crippen LogP contribution in [0.2, 0.25) is 0 Å². The van der Waals surface area contributed by atoms with Crippen LogP contribution in [-0.4, -0.2) is 48.7 Å². The summed E-state index contributed by atoms with van der Waals surface area (Å²) in [6, 6.07) is 19.6. The van der Waals surface area contributed by atoms with E-state index < -0.39 is 9.05 Å². The van der Waals surface area contributed by atoms with Crippen LogP contribution < -0.4 is 9.47 Å². The third kappa shape index (κ3) is 11.8. The zero-order valence-corrected chi connectivity index (χ0v) is 32.7. The summed E-state index contributed by atoms with van der Waals surface area (Å²) in [7, 11) is -3.58. The topological polar surface area (TPSA) is 55.4 Å². The molecule has 4 atom stereocenters. The van der Waals surface area contributed by atoms with E-state index in [2.05, 4.69) is 67.5 Å². The monoisotopic (exact) mass is 692 g/mol. The van der Waals surface area contributed by atoms with Crippen LogP contribution in [-0.2, 0) is 17.7 Å². The Morgan fingerprint density at radius 2 is 0.980 bits per heavy atom. The standard InChI is InChI=1S/C42H64O6Si/c1-33(19-23-37-25-21-35(3)41(37,5)6)31-47-49(45-29-27-43-39-15-11-9-12-16-39,46-30-28-44-40-17-13-10-14-18-40)48-32-34(2)20-24-38-26-22-36(4)42(38,7)8/h9-18,21-22,33-34,37-38H,19-20,23-32H2,1-8H3. The summed E-state index contributed by atoms with van der Waals surface area (Å²) in [5.41, 5.74) is 3.53. The number of allylic oxidation sites excluding steroid dienone is 4. The third-order valence-corrected chi connectivity index (χ3v) is 13.5. The first kappa shape index (κ1) is 39.4. The van der Waals surface area contributed by atoms with E-state index in [0.29, 0.717) is 63.3 Å². The minimum absolute atomic E-state index is 0.254. The third-order valence-electron chi connectivity index (χ3n) is 11.3. The Balaban J connectivity index is 1.40. The van der Waals surface area contributed by atoms with Gasteiger partial charge in [0, 0.05) is 13.2 Å². The molecule has 0 fully saturated rings. The van der Waals surface area contributed by atoms with Gasteiger partial charge in [0.15, 0.2) is 0 Å². The molecular weight excluding hydrogens is 629 g/mol. The van der Waals surface area contributed by atoms with Gasteiger partial charge in [0.05, 0.1) is 13.2 Å². The van der Waals surface area contributed by atoms with Crippen molar-refractivity contribution in [3.8, 4) is 11.5 Å². The van der Waals surface area contributed by atoms with Crippen LogP contribution in [0.25, 0.3) is 0 Å². The van der Waals surface area contributed by atoms with Crippen molar-refractivity contribution in [1.82, 2.24) is 0 Å². The molecule has 0 radical (unpaired) electrons. The second kappa shape index (κ2) is 18.7. The summed E-state index contributed by atoms with van der Waals surface area (Å²) < 4.78 is 38.4. The molecule has 2 aliphatic rings. The highest BCUT2D eigenvalue weighted by atomic mass is 28.4. The van der Waals surface area contributed by atoms with Gasteiger partial charge in [-0.15, -0.1) is 0 Å². The second-order valence-electron chi connectivity index (χ2n) is 15.6. The molecule has 0 aromatic heterocycles. The lowest BCUT2D eigenvalue weighted by Crippen LogP contribution is -2.52. The Labute approximate surface area is 299 Å². The number of ether oxygens (including phenoxy) is 2. The Hall–Kier alpha value is -2.42. The van der Waals surface area contributed by atoms with Gasteiger partial charge in [-0.25, -0.2) is 0 Å². The van der Waals surface area contributed by atoms with Crippen molar-refractivity contribution in [2.75, 3.05) is 39.6 Å². The molecule has 0 spiro atoms. The normalized spacial score (nSPS) is 21.2. The largest absolute Gasteiger partial charge is 0.679 e. The van der Waals surface area contributed by atoms with Gasteiger partial charge in [0.2, 0.25) is 0 Å². The van der Waals surface area contributed by atoms with Crippen LogP contribution in [0.3, 0.4) is 0 Å². The Morgan fingerprint density at radius 3 is 1.33 bits per heavy atom. The first-order valence-corrected chi connectivity index (χ1v) is 20.3. The van der Waals surface area contributed by atoms with E-state index in [0.717, 1.165) is 37.2 Å². The SMILES string of the molecule is CC1=CCC(CCC(C)CO[Si](OCCOc2ccccc2)(OCCOc2ccccc2)OCC(C)CCC2CC=C(C)C2(C)C)C1(C)C. The molecule has 4 rings (SSSR count). The first-order chi connectivity index (χ1) is 23.4. The molecule has 2 aromatic rings. The quantitative estimate of drug-likeness (QED) is 0.0696. The lowest BCUT2D eigenvalue weighted by Gasteiger charge is -2.32. The van der Waals surface area contributed by atoms with Crippen molar-refractivity contribution in [2.45, 2.75) is 93.9 Å². The van der Waals surface area contributed by atoms with Crippen LogP contribution in [0.15, 0.2) is 84.0 Å². The summed E-state index contributed by atoms with van der Waals surface area (Å²) in [6.07, 6.45) is 11.7. The second-order valence-corrected chi connectivity index (χ2v) is 17.7. The highest BCUT2D eigenvalue weighted by molar-refractivity contribution is 6.53. The Kier molecular flexibility index (Phi) is 15.0. The van der Waals surface area contributed by atoms with Crippen molar-refractivity contribution in [3.05, 3.63) is 84.0 Å². The first-order valence-electron chi connectivity index (χ1n) is 18.7. The molecular formula is C42H64O6Si. The van der Waals surface area contributed by atoms with E-state index in [1.807, 2.05) is 60.7 Å². The molecule has 0 saturated carbocycles. The fourth-order valence-electron chi connectivity index (χ4n) is 6.92. The van der Waals surface area contributed by atoms with E-state index in [4.69, 9.17) is 27.2 Å². The summed E-state index contributed by atoms with van der Waals surface area (Å²) in [5, 5.41) is 0. The predicted molar refractivity (Wildman–Crippen MR) is 202 cm³/mol. The Bertz CT molecular complexity index is 1210. The molecule has 7 heteroatoms. The highest BCUT2D eigenvalue weighted by Crippen LogP contribution is 2.46. The number of hydrogen-bond donors (Lipinski definition) is 0. The van der Waals surface area contributed by atoms with Gasteiger partial charge < -0.3 is 27.2 Å². The average molecular weight is 693 g/mol. The van der Waals surface area contributed by atoms with Crippen LogP contribution in [0.4, 0.5) is 0 Å². The molecule has 0 N–H and O–H groups in total.